The van der Waals surface area contributed by atoms with Gasteiger partial charge in [0.15, 0.2) is 0 Å². The number of allylic oxidation sites excluding steroid dienone is 2. The van der Waals surface area contributed by atoms with Crippen molar-refractivity contribution in [2.75, 3.05) is 5.43 Å². The Kier molecular flexibility index (Phi) is 7.05. The van der Waals surface area contributed by atoms with Gasteiger partial charge in [0.05, 0.1) is 35.4 Å². The number of nitrogens with zero attached hydrogens (tertiary/aromatic N) is 2. The fourth-order valence-electron chi connectivity index (χ4n) is 8.81. The Hall–Kier alpha value is -5.50. The second-order valence-corrected chi connectivity index (χ2v) is 13.4. The van der Waals surface area contributed by atoms with Crippen LogP contribution < -0.4 is 5.43 Å². The Morgan fingerprint density at radius 1 is 0.792 bits per heavy atom. The molecule has 0 bridgehead atoms. The molecule has 2 N–H and O–H groups in total. The lowest BCUT2D eigenvalue weighted by atomic mass is 9.49. The van der Waals surface area contributed by atoms with E-state index in [1.165, 1.54) is 4.90 Å². The van der Waals surface area contributed by atoms with Crippen molar-refractivity contribution in [2.24, 2.45) is 23.7 Å². The van der Waals surface area contributed by atoms with Gasteiger partial charge in [-0.05, 0) is 66.6 Å². The van der Waals surface area contributed by atoms with Crippen molar-refractivity contribution in [3.63, 3.8) is 0 Å². The molecule has 240 valence electrons. The predicted octanol–water partition coefficient (Wildman–Crippen LogP) is 5.89. The molecule has 4 aromatic carbocycles. The summed E-state index contributed by atoms with van der Waals surface area (Å²) in [5, 5.41) is 11.9. The molecule has 0 spiro atoms. The smallest absolute Gasteiger partial charge is 0.260 e. The molecule has 8 nitrogen and oxygen atoms in total. The first-order valence-corrected chi connectivity index (χ1v) is 16.4. The predicted molar refractivity (Wildman–Crippen MR) is 179 cm³/mol. The van der Waals surface area contributed by atoms with Crippen molar-refractivity contribution in [3.8, 4) is 5.75 Å². The number of hydrogen-bond donors (Lipinski definition) is 2. The van der Waals surface area contributed by atoms with Gasteiger partial charge < -0.3 is 5.11 Å². The van der Waals surface area contributed by atoms with Crippen LogP contribution in [0.25, 0.3) is 0 Å². The van der Waals surface area contributed by atoms with Crippen molar-refractivity contribution in [3.05, 3.63) is 143 Å². The third-order valence-corrected chi connectivity index (χ3v) is 10.9. The van der Waals surface area contributed by atoms with Gasteiger partial charge >= 0.3 is 0 Å². The molecule has 2 aliphatic heterocycles. The Morgan fingerprint density at radius 3 is 2.21 bits per heavy atom. The molecule has 3 fully saturated rings. The van der Waals surface area contributed by atoms with Crippen LogP contribution in [-0.4, -0.2) is 38.6 Å². The van der Waals surface area contributed by atoms with Crippen LogP contribution in [0.2, 0.25) is 0 Å². The molecule has 4 aromatic rings. The molecule has 1 saturated carbocycles. The second kappa shape index (κ2) is 11.3. The zero-order valence-electron chi connectivity index (χ0n) is 26.5. The first-order valence-electron chi connectivity index (χ1n) is 16.4. The first kappa shape index (κ1) is 29.9. The van der Waals surface area contributed by atoms with Crippen LogP contribution in [0.1, 0.15) is 41.0 Å². The lowest BCUT2D eigenvalue weighted by molar-refractivity contribution is -0.142. The maximum atomic E-state index is 15.1. The van der Waals surface area contributed by atoms with E-state index in [1.807, 2.05) is 104 Å². The number of aryl methyl sites for hydroxylation is 1. The van der Waals surface area contributed by atoms with E-state index in [1.54, 1.807) is 18.2 Å². The highest BCUT2D eigenvalue weighted by molar-refractivity contribution is 6.13. The van der Waals surface area contributed by atoms with Crippen molar-refractivity contribution in [2.45, 2.75) is 37.6 Å². The van der Waals surface area contributed by atoms with Gasteiger partial charge in [-0.1, -0.05) is 102 Å². The van der Waals surface area contributed by atoms with Crippen LogP contribution in [0, 0.1) is 30.6 Å². The summed E-state index contributed by atoms with van der Waals surface area (Å²) in [6.45, 7) is 2.15. The Balaban J connectivity index is 1.28. The molecular formula is C40H35N3O5. The van der Waals surface area contributed by atoms with E-state index in [9.17, 15) is 19.5 Å². The number of nitrogens with one attached hydrogen (secondary N) is 1. The number of phenolic OH excluding ortho intramolecular Hbond substituents is 1. The third-order valence-electron chi connectivity index (χ3n) is 10.9. The van der Waals surface area contributed by atoms with E-state index in [0.717, 1.165) is 21.7 Å². The number of amides is 4. The minimum absolute atomic E-state index is 0.0382. The van der Waals surface area contributed by atoms with Crippen LogP contribution in [0.4, 0.5) is 5.69 Å². The molecule has 2 saturated heterocycles. The van der Waals surface area contributed by atoms with Crippen molar-refractivity contribution < 1.29 is 24.3 Å². The Morgan fingerprint density at radius 2 is 1.50 bits per heavy atom. The molecule has 0 radical (unpaired) electrons. The quantitative estimate of drug-likeness (QED) is 0.202. The SMILES string of the molecule is Cc1ccc(NN2C(=O)C3CC4C(=CCC5C(=O)N(Cc6ccccc6)C(=O)C54)C(c4cccc(O)c4)C3(c3ccccc3)C2=O)cc1. The monoisotopic (exact) mass is 637 g/mol. The summed E-state index contributed by atoms with van der Waals surface area (Å²) in [6, 6.07) is 33.2. The summed E-state index contributed by atoms with van der Waals surface area (Å²) < 4.78 is 0. The lowest BCUT2D eigenvalue weighted by Gasteiger charge is -2.50. The number of hydrogen-bond acceptors (Lipinski definition) is 6. The fourth-order valence-corrected chi connectivity index (χ4v) is 8.81. The van der Waals surface area contributed by atoms with Crippen molar-refractivity contribution in [1.82, 2.24) is 9.91 Å². The van der Waals surface area contributed by atoms with Gasteiger partial charge in [0.2, 0.25) is 11.8 Å². The van der Waals surface area contributed by atoms with Gasteiger partial charge in [0, 0.05) is 5.92 Å². The number of carbonyl (C=O) groups excluding carboxylic acids is 4. The number of hydrazine groups is 1. The molecule has 8 heteroatoms. The standard InChI is InChI=1S/C40H35N3O5/c1-24-15-17-28(18-16-24)41-43-37(46)33-22-32-30(19-20-31-34(32)38(47)42(36(31)45)23-25-9-4-2-5-10-25)35(26-11-8-14-29(44)21-26)40(33,39(43)48)27-12-6-3-7-13-27/h2-19,21,31-35,41,44H,20,22-23H2,1H3. The highest BCUT2D eigenvalue weighted by Gasteiger charge is 2.70. The normalized spacial score (nSPS) is 27.8. The first-order chi connectivity index (χ1) is 23.3. The third kappa shape index (κ3) is 4.43. The highest BCUT2D eigenvalue weighted by atomic mass is 16.3. The number of imide groups is 2. The van der Waals surface area contributed by atoms with E-state index in [2.05, 4.69) is 5.43 Å². The molecule has 8 rings (SSSR count). The van der Waals surface area contributed by atoms with E-state index in [0.29, 0.717) is 23.2 Å². The number of fused-ring (bicyclic) bond motifs is 4. The largest absolute Gasteiger partial charge is 0.508 e. The van der Waals surface area contributed by atoms with E-state index in [4.69, 9.17) is 0 Å². The number of aromatic hydroxyl groups is 1. The molecule has 4 amide bonds. The minimum atomic E-state index is -1.37. The van der Waals surface area contributed by atoms with Crippen LogP contribution >= 0.6 is 0 Å². The summed E-state index contributed by atoms with van der Waals surface area (Å²) in [7, 11) is 0. The molecule has 6 atom stereocenters. The summed E-state index contributed by atoms with van der Waals surface area (Å²) in [4.78, 5) is 59.3. The lowest BCUT2D eigenvalue weighted by Crippen LogP contribution is -2.53. The number of phenols is 1. The van der Waals surface area contributed by atoms with Gasteiger partial charge in [-0.25, -0.2) is 0 Å². The molecule has 2 heterocycles. The molecule has 0 aromatic heterocycles. The zero-order chi connectivity index (χ0) is 33.2. The van der Waals surface area contributed by atoms with Gasteiger partial charge in [-0.15, -0.1) is 0 Å². The van der Waals surface area contributed by atoms with Crippen LogP contribution in [0.15, 0.2) is 121 Å². The van der Waals surface area contributed by atoms with Gasteiger partial charge in [0.1, 0.15) is 5.75 Å². The highest BCUT2D eigenvalue weighted by Crippen LogP contribution is 2.64. The van der Waals surface area contributed by atoms with Crippen molar-refractivity contribution >= 4 is 29.3 Å². The van der Waals surface area contributed by atoms with Crippen LogP contribution in [0.3, 0.4) is 0 Å². The van der Waals surface area contributed by atoms with E-state index in [-0.39, 0.29) is 36.4 Å². The zero-order valence-corrected chi connectivity index (χ0v) is 26.5. The summed E-state index contributed by atoms with van der Waals surface area (Å²) in [5.41, 5.74) is 6.49. The van der Waals surface area contributed by atoms with Gasteiger partial charge in [-0.3, -0.25) is 29.5 Å². The van der Waals surface area contributed by atoms with Crippen molar-refractivity contribution in [1.29, 1.82) is 0 Å². The number of likely N-dealkylation sites (tertiary alicyclic amines) is 1. The number of carbonyl (C=O) groups is 4. The molecule has 6 unspecified atom stereocenters. The molecule has 2 aliphatic carbocycles. The average molecular weight is 638 g/mol. The summed E-state index contributed by atoms with van der Waals surface area (Å²) in [5.74, 6) is -4.34. The minimum Gasteiger partial charge on any atom is -0.508 e. The van der Waals surface area contributed by atoms with Crippen LogP contribution in [-0.2, 0) is 31.1 Å². The molecule has 4 aliphatic rings. The van der Waals surface area contributed by atoms with E-state index >= 15 is 4.79 Å². The topological polar surface area (TPSA) is 107 Å². The molecular weight excluding hydrogens is 602 g/mol. The Bertz CT molecular complexity index is 1980. The number of anilines is 1. The van der Waals surface area contributed by atoms with E-state index < -0.39 is 40.9 Å². The maximum Gasteiger partial charge on any atom is 0.260 e. The van der Waals surface area contributed by atoms with Gasteiger partial charge in [0.25, 0.3) is 11.8 Å². The average Bonchev–Trinajstić information content (AvgIpc) is 3.47. The Labute approximate surface area is 278 Å². The number of benzene rings is 4. The fraction of sp³-hybridized carbons (Fsp3) is 0.250. The van der Waals surface area contributed by atoms with Gasteiger partial charge in [-0.2, -0.15) is 5.01 Å². The summed E-state index contributed by atoms with van der Waals surface area (Å²) >= 11 is 0. The van der Waals surface area contributed by atoms with Crippen LogP contribution in [0.5, 0.6) is 5.75 Å². The second-order valence-electron chi connectivity index (χ2n) is 13.4. The number of rotatable bonds is 6. The summed E-state index contributed by atoms with van der Waals surface area (Å²) in [6.07, 6.45) is 2.61. The molecule has 48 heavy (non-hydrogen) atoms. The maximum absolute atomic E-state index is 15.1.